The molecule has 114 valence electrons. The van der Waals surface area contributed by atoms with Crippen LogP contribution in [0, 0.1) is 28.5 Å². The number of nitriles is 2. The average Bonchev–Trinajstić information content (AvgIpc) is 2.46. The Kier molecular flexibility index (Phi) is 8.92. The Morgan fingerprint density at radius 1 is 1.24 bits per heavy atom. The highest BCUT2D eigenvalue weighted by Crippen LogP contribution is 2.25. The van der Waals surface area contributed by atoms with E-state index >= 15 is 0 Å². The smallest absolute Gasteiger partial charge is 0.140 e. The summed E-state index contributed by atoms with van der Waals surface area (Å²) >= 11 is 0. The van der Waals surface area contributed by atoms with Crippen molar-refractivity contribution < 1.29 is 4.39 Å². The number of nitrogens with one attached hydrogen (secondary N) is 1. The van der Waals surface area contributed by atoms with E-state index in [2.05, 4.69) is 16.3 Å². The quantitative estimate of drug-likeness (QED) is 0.924. The minimum absolute atomic E-state index is 0. The first-order chi connectivity index (χ1) is 9.26. The van der Waals surface area contributed by atoms with E-state index in [4.69, 9.17) is 10.5 Å². The molecule has 1 aliphatic rings. The predicted molar refractivity (Wildman–Crippen MR) is 83.0 cm³/mol. The summed E-state index contributed by atoms with van der Waals surface area (Å²) in [7, 11) is 0. The number of hydrogen-bond donors (Lipinski definition) is 1. The average molecular weight is 331 g/mol. The van der Waals surface area contributed by atoms with Crippen molar-refractivity contribution in [1.82, 2.24) is 10.2 Å². The molecule has 1 aliphatic heterocycles. The lowest BCUT2D eigenvalue weighted by atomic mass is 9.99. The van der Waals surface area contributed by atoms with Gasteiger partial charge in [-0.1, -0.05) is 6.07 Å². The van der Waals surface area contributed by atoms with Gasteiger partial charge in [0.25, 0.3) is 0 Å². The van der Waals surface area contributed by atoms with E-state index in [9.17, 15) is 4.39 Å². The van der Waals surface area contributed by atoms with Gasteiger partial charge in [0.05, 0.1) is 18.1 Å². The van der Waals surface area contributed by atoms with Crippen molar-refractivity contribution in [3.8, 4) is 12.1 Å². The van der Waals surface area contributed by atoms with Crippen molar-refractivity contribution in [2.45, 2.75) is 12.5 Å². The van der Waals surface area contributed by atoms with Crippen LogP contribution in [0.1, 0.15) is 23.6 Å². The number of rotatable bonds is 3. The van der Waals surface area contributed by atoms with Crippen molar-refractivity contribution in [3.63, 3.8) is 0 Å². The summed E-state index contributed by atoms with van der Waals surface area (Å²) < 4.78 is 13.4. The normalized spacial score (nSPS) is 15.8. The third-order valence-corrected chi connectivity index (χ3v) is 3.37. The molecule has 0 bridgehead atoms. The molecule has 1 saturated heterocycles. The molecule has 0 radical (unpaired) electrons. The summed E-state index contributed by atoms with van der Waals surface area (Å²) in [5.41, 5.74) is 0.872. The molecule has 2 rings (SSSR count). The molecular weight excluding hydrogens is 314 g/mol. The van der Waals surface area contributed by atoms with Crippen LogP contribution in [0.3, 0.4) is 0 Å². The highest BCUT2D eigenvalue weighted by atomic mass is 35.5. The van der Waals surface area contributed by atoms with E-state index in [1.807, 2.05) is 6.07 Å². The van der Waals surface area contributed by atoms with Gasteiger partial charge in [0.1, 0.15) is 11.9 Å². The van der Waals surface area contributed by atoms with Crippen LogP contribution in [0.5, 0.6) is 0 Å². The zero-order chi connectivity index (χ0) is 13.7. The van der Waals surface area contributed by atoms with Crippen molar-refractivity contribution in [2.24, 2.45) is 0 Å². The first-order valence-corrected chi connectivity index (χ1v) is 6.27. The molecular formula is C14H17Cl2FN4. The monoisotopic (exact) mass is 330 g/mol. The van der Waals surface area contributed by atoms with Gasteiger partial charge in [-0.15, -0.1) is 24.8 Å². The van der Waals surface area contributed by atoms with Gasteiger partial charge >= 0.3 is 0 Å². The van der Waals surface area contributed by atoms with Crippen LogP contribution in [0.4, 0.5) is 4.39 Å². The van der Waals surface area contributed by atoms with E-state index < -0.39 is 5.82 Å². The molecule has 1 fully saturated rings. The Balaban J connectivity index is 0.00000200. The van der Waals surface area contributed by atoms with Crippen LogP contribution in [0.15, 0.2) is 18.2 Å². The second kappa shape index (κ2) is 9.55. The fourth-order valence-electron chi connectivity index (χ4n) is 2.37. The summed E-state index contributed by atoms with van der Waals surface area (Å²) in [5.74, 6) is -0.512. The van der Waals surface area contributed by atoms with E-state index in [-0.39, 0.29) is 36.4 Å². The molecule has 7 heteroatoms. The van der Waals surface area contributed by atoms with Crippen molar-refractivity contribution in [2.75, 3.05) is 26.2 Å². The van der Waals surface area contributed by atoms with Crippen LogP contribution in [-0.2, 0) is 0 Å². The molecule has 1 heterocycles. The number of nitrogens with zero attached hydrogens (tertiary/aromatic N) is 3. The Bertz CT molecular complexity index is 533. The minimum Gasteiger partial charge on any atom is -0.314 e. The van der Waals surface area contributed by atoms with Crippen LogP contribution < -0.4 is 5.32 Å². The van der Waals surface area contributed by atoms with Gasteiger partial charge in [-0.05, 0) is 17.7 Å². The largest absolute Gasteiger partial charge is 0.314 e. The first kappa shape index (κ1) is 19.6. The van der Waals surface area contributed by atoms with Gasteiger partial charge in [0, 0.05) is 32.2 Å². The van der Waals surface area contributed by atoms with Gasteiger partial charge in [-0.3, -0.25) is 4.90 Å². The zero-order valence-corrected chi connectivity index (χ0v) is 13.0. The minimum atomic E-state index is -0.512. The van der Waals surface area contributed by atoms with Crippen molar-refractivity contribution in [1.29, 1.82) is 10.5 Å². The lowest BCUT2D eigenvalue weighted by Gasteiger charge is -2.34. The number of benzene rings is 1. The molecule has 0 aliphatic carbocycles. The van der Waals surface area contributed by atoms with Crippen LogP contribution in [0.2, 0.25) is 0 Å². The van der Waals surface area contributed by atoms with Crippen LogP contribution in [0.25, 0.3) is 0 Å². The van der Waals surface area contributed by atoms with Crippen molar-refractivity contribution in [3.05, 3.63) is 35.1 Å². The topological polar surface area (TPSA) is 62.9 Å². The Hall–Kier alpha value is -1.37. The predicted octanol–water partition coefficient (Wildman–Crippen LogP) is 2.40. The van der Waals surface area contributed by atoms with E-state index in [1.165, 1.54) is 6.07 Å². The maximum absolute atomic E-state index is 13.4. The summed E-state index contributed by atoms with van der Waals surface area (Å²) in [5, 5.41) is 21.1. The van der Waals surface area contributed by atoms with Crippen LogP contribution >= 0.6 is 24.8 Å². The zero-order valence-electron chi connectivity index (χ0n) is 11.4. The fourth-order valence-corrected chi connectivity index (χ4v) is 2.37. The Morgan fingerprint density at radius 3 is 2.48 bits per heavy atom. The van der Waals surface area contributed by atoms with E-state index in [0.29, 0.717) is 6.42 Å². The Morgan fingerprint density at radius 2 is 1.90 bits per heavy atom. The molecule has 0 amide bonds. The van der Waals surface area contributed by atoms with E-state index in [1.54, 1.807) is 12.1 Å². The second-order valence-corrected chi connectivity index (χ2v) is 4.52. The SMILES string of the molecule is Cl.Cl.N#CC[C@@H](c1ccc(F)c(C#N)c1)N1CCNCC1. The molecule has 4 nitrogen and oxygen atoms in total. The van der Waals surface area contributed by atoms with Crippen molar-refractivity contribution >= 4 is 24.8 Å². The number of hydrogen-bond acceptors (Lipinski definition) is 4. The first-order valence-electron chi connectivity index (χ1n) is 6.27. The third kappa shape index (κ3) is 4.84. The molecule has 0 unspecified atom stereocenters. The molecule has 1 N–H and O–H groups in total. The second-order valence-electron chi connectivity index (χ2n) is 4.52. The number of piperazine rings is 1. The highest BCUT2D eigenvalue weighted by Gasteiger charge is 2.22. The molecule has 21 heavy (non-hydrogen) atoms. The Labute approximate surface area is 136 Å². The summed E-state index contributed by atoms with van der Waals surface area (Å²) in [4.78, 5) is 2.20. The lowest BCUT2D eigenvalue weighted by Crippen LogP contribution is -2.45. The summed E-state index contributed by atoms with van der Waals surface area (Å²) in [6, 6.07) is 8.48. The maximum atomic E-state index is 13.4. The van der Waals surface area contributed by atoms with Gasteiger partial charge in [0.2, 0.25) is 0 Å². The van der Waals surface area contributed by atoms with E-state index in [0.717, 1.165) is 31.7 Å². The highest BCUT2D eigenvalue weighted by molar-refractivity contribution is 5.85. The third-order valence-electron chi connectivity index (χ3n) is 3.37. The fraction of sp³-hybridized carbons (Fsp3) is 0.429. The number of halogens is 3. The van der Waals surface area contributed by atoms with Gasteiger partial charge in [-0.2, -0.15) is 10.5 Å². The molecule has 0 aromatic heterocycles. The summed E-state index contributed by atoms with van der Waals surface area (Å²) in [6.45, 7) is 3.47. The molecule has 0 spiro atoms. The van der Waals surface area contributed by atoms with Gasteiger partial charge < -0.3 is 5.32 Å². The molecule has 1 atom stereocenters. The molecule has 1 aromatic carbocycles. The lowest BCUT2D eigenvalue weighted by molar-refractivity contribution is 0.175. The van der Waals surface area contributed by atoms with Crippen LogP contribution in [-0.4, -0.2) is 31.1 Å². The standard InChI is InChI=1S/C14H15FN4.2ClH/c15-13-2-1-11(9-12(13)10-17)14(3-4-16)19-7-5-18-6-8-19;;/h1-2,9,14,18H,3,5-8H2;2*1H/t14-;;/m0../s1. The van der Waals surface area contributed by atoms with Gasteiger partial charge in [0.15, 0.2) is 0 Å². The van der Waals surface area contributed by atoms with Gasteiger partial charge in [-0.25, -0.2) is 4.39 Å². The molecule has 0 saturated carbocycles. The summed E-state index contributed by atoms with van der Waals surface area (Å²) in [6.07, 6.45) is 0.344. The molecule has 1 aromatic rings. The maximum Gasteiger partial charge on any atom is 0.140 e.